The fraction of sp³-hybridized carbons (Fsp3) is 0.0833. The Balaban J connectivity index is 2.28. The van der Waals surface area contributed by atoms with Crippen molar-refractivity contribution in [2.24, 2.45) is 0 Å². The molecule has 9 heteroatoms. The second-order valence-corrected chi connectivity index (χ2v) is 4.39. The number of hydrogen-bond acceptors (Lipinski definition) is 7. The molecule has 0 saturated heterocycles. The first-order valence-electron chi connectivity index (χ1n) is 5.63. The first-order valence-corrected chi connectivity index (χ1v) is 6.01. The molecule has 0 aliphatic heterocycles. The summed E-state index contributed by atoms with van der Waals surface area (Å²) in [7, 11) is 0. The molecule has 108 valence electrons. The van der Waals surface area contributed by atoms with Gasteiger partial charge in [-0.2, -0.15) is 9.97 Å². The molecule has 0 radical (unpaired) electrons. The van der Waals surface area contributed by atoms with Crippen LogP contribution in [0.1, 0.15) is 17.3 Å². The highest BCUT2D eigenvalue weighted by atomic mass is 35.5. The van der Waals surface area contributed by atoms with E-state index >= 15 is 0 Å². The van der Waals surface area contributed by atoms with E-state index in [1.54, 1.807) is 0 Å². The van der Waals surface area contributed by atoms with Crippen LogP contribution in [0.2, 0.25) is 5.02 Å². The van der Waals surface area contributed by atoms with Crippen molar-refractivity contribution in [2.45, 2.75) is 6.92 Å². The minimum Gasteiger partial charge on any atom is -0.423 e. The number of nitrogens with zero attached hydrogens (tertiary/aromatic N) is 3. The first-order chi connectivity index (χ1) is 9.88. The van der Waals surface area contributed by atoms with Crippen molar-refractivity contribution in [2.75, 3.05) is 5.73 Å². The quantitative estimate of drug-likeness (QED) is 0.523. The zero-order chi connectivity index (χ0) is 15.6. The van der Waals surface area contributed by atoms with Crippen molar-refractivity contribution >= 4 is 28.9 Å². The highest BCUT2D eigenvalue weighted by Crippen LogP contribution is 2.30. The zero-order valence-corrected chi connectivity index (χ0v) is 11.5. The van der Waals surface area contributed by atoms with Crippen LogP contribution in [0.3, 0.4) is 0 Å². The summed E-state index contributed by atoms with van der Waals surface area (Å²) in [5, 5.41) is 10.8. The number of anilines is 1. The largest absolute Gasteiger partial charge is 0.423 e. The van der Waals surface area contributed by atoms with Crippen LogP contribution in [-0.4, -0.2) is 20.7 Å². The van der Waals surface area contributed by atoms with Gasteiger partial charge in [0, 0.05) is 5.56 Å². The molecule has 2 rings (SSSR count). The molecule has 0 aliphatic carbocycles. The third-order valence-corrected chi connectivity index (χ3v) is 2.81. The van der Waals surface area contributed by atoms with Crippen LogP contribution in [-0.2, 0) is 0 Å². The molecular formula is C12H9ClN4O4. The summed E-state index contributed by atoms with van der Waals surface area (Å²) >= 11 is 5.97. The van der Waals surface area contributed by atoms with Gasteiger partial charge in [-0.05, 0) is 25.1 Å². The van der Waals surface area contributed by atoms with E-state index in [1.807, 2.05) is 0 Å². The van der Waals surface area contributed by atoms with Gasteiger partial charge in [0.05, 0.1) is 9.95 Å². The summed E-state index contributed by atoms with van der Waals surface area (Å²) in [6.45, 7) is 1.41. The van der Waals surface area contributed by atoms with Gasteiger partial charge < -0.3 is 10.5 Å². The van der Waals surface area contributed by atoms with E-state index in [4.69, 9.17) is 22.1 Å². The summed E-state index contributed by atoms with van der Waals surface area (Å²) in [6.07, 6.45) is 0.940. The second kappa shape index (κ2) is 5.71. The lowest BCUT2D eigenvalue weighted by Crippen LogP contribution is -2.02. The van der Waals surface area contributed by atoms with Crippen LogP contribution < -0.4 is 10.5 Å². The SMILES string of the molecule is CC(=O)c1ccc(Oc2ncc([N+](=O)[O-])c(N)n2)c(Cl)c1. The molecule has 0 amide bonds. The number of Topliss-reactive ketones (excluding diaryl/α,β-unsaturated/α-hetero) is 1. The number of rotatable bonds is 4. The minimum atomic E-state index is -0.701. The lowest BCUT2D eigenvalue weighted by Gasteiger charge is -2.07. The van der Waals surface area contributed by atoms with Crippen molar-refractivity contribution in [3.63, 3.8) is 0 Å². The highest BCUT2D eigenvalue weighted by Gasteiger charge is 2.16. The normalized spacial score (nSPS) is 10.2. The van der Waals surface area contributed by atoms with Gasteiger partial charge in [-0.1, -0.05) is 11.6 Å². The number of halogens is 1. The standard InChI is InChI=1S/C12H9ClN4O4/c1-6(18)7-2-3-10(8(13)4-7)21-12-15-5-9(17(19)20)11(14)16-12/h2-5H,1H3,(H2,14,15,16). The number of carbonyl (C=O) groups excluding carboxylic acids is 1. The number of carbonyl (C=O) groups is 1. The van der Waals surface area contributed by atoms with Crippen LogP contribution in [0.25, 0.3) is 0 Å². The predicted octanol–water partition coefficient (Wildman–Crippen LogP) is 2.62. The van der Waals surface area contributed by atoms with Crippen molar-refractivity contribution < 1.29 is 14.5 Å². The van der Waals surface area contributed by atoms with Gasteiger partial charge in [0.25, 0.3) is 0 Å². The van der Waals surface area contributed by atoms with Gasteiger partial charge in [-0.15, -0.1) is 0 Å². The van der Waals surface area contributed by atoms with Crippen LogP contribution in [0.5, 0.6) is 11.8 Å². The fourth-order valence-corrected chi connectivity index (χ4v) is 1.68. The Morgan fingerprint density at radius 3 is 2.71 bits per heavy atom. The van der Waals surface area contributed by atoms with Crippen molar-refractivity contribution in [3.05, 3.63) is 45.1 Å². The lowest BCUT2D eigenvalue weighted by molar-refractivity contribution is -0.384. The van der Waals surface area contributed by atoms with Gasteiger partial charge in [0.2, 0.25) is 5.82 Å². The fourth-order valence-electron chi connectivity index (χ4n) is 1.46. The molecule has 1 heterocycles. The minimum absolute atomic E-state index is 0.140. The number of ether oxygens (including phenoxy) is 1. The van der Waals surface area contributed by atoms with Gasteiger partial charge in [0.15, 0.2) is 5.78 Å². The monoisotopic (exact) mass is 308 g/mol. The van der Waals surface area contributed by atoms with E-state index in [9.17, 15) is 14.9 Å². The van der Waals surface area contributed by atoms with Crippen LogP contribution in [0.4, 0.5) is 11.5 Å². The lowest BCUT2D eigenvalue weighted by atomic mass is 10.1. The van der Waals surface area contributed by atoms with Gasteiger partial charge >= 0.3 is 11.7 Å². The van der Waals surface area contributed by atoms with E-state index in [0.29, 0.717) is 5.56 Å². The Labute approximate surface area is 123 Å². The van der Waals surface area contributed by atoms with E-state index in [1.165, 1.54) is 25.1 Å². The van der Waals surface area contributed by atoms with Crippen molar-refractivity contribution in [1.29, 1.82) is 0 Å². The molecule has 1 aromatic heterocycles. The van der Waals surface area contributed by atoms with Gasteiger partial charge in [-0.3, -0.25) is 14.9 Å². The zero-order valence-electron chi connectivity index (χ0n) is 10.7. The summed E-state index contributed by atoms with van der Waals surface area (Å²) in [6, 6.07) is 4.25. The smallest absolute Gasteiger partial charge is 0.329 e. The second-order valence-electron chi connectivity index (χ2n) is 3.98. The number of nitrogen functional groups attached to an aromatic ring is 1. The Kier molecular flexibility index (Phi) is 3.99. The summed E-state index contributed by atoms with van der Waals surface area (Å²) in [5.41, 5.74) is 5.44. The molecule has 8 nitrogen and oxygen atoms in total. The molecule has 0 bridgehead atoms. The molecule has 0 fully saturated rings. The molecule has 2 aromatic rings. The number of nitrogens with two attached hydrogens (primary N) is 1. The third kappa shape index (κ3) is 3.23. The summed E-state index contributed by atoms with van der Waals surface area (Å²) < 4.78 is 5.29. The highest BCUT2D eigenvalue weighted by molar-refractivity contribution is 6.32. The number of aromatic nitrogens is 2. The predicted molar refractivity (Wildman–Crippen MR) is 74.6 cm³/mol. The van der Waals surface area contributed by atoms with Crippen LogP contribution in [0, 0.1) is 10.1 Å². The molecule has 0 atom stereocenters. The maximum absolute atomic E-state index is 11.2. The van der Waals surface area contributed by atoms with Crippen LogP contribution >= 0.6 is 11.6 Å². The Bertz CT molecular complexity index is 735. The number of hydrogen-bond donors (Lipinski definition) is 1. The van der Waals surface area contributed by atoms with Gasteiger partial charge in [-0.25, -0.2) is 0 Å². The average molecular weight is 309 g/mol. The molecule has 0 aliphatic rings. The molecule has 2 N–H and O–H groups in total. The molecule has 0 saturated carbocycles. The first kappa shape index (κ1) is 14.7. The Hall–Kier alpha value is -2.74. The average Bonchev–Trinajstić information content (AvgIpc) is 2.40. The summed E-state index contributed by atoms with van der Waals surface area (Å²) in [4.78, 5) is 28.4. The van der Waals surface area contributed by atoms with Crippen molar-refractivity contribution in [1.82, 2.24) is 9.97 Å². The molecule has 21 heavy (non-hydrogen) atoms. The molecular weight excluding hydrogens is 300 g/mol. The Morgan fingerprint density at radius 2 is 2.19 bits per heavy atom. The maximum atomic E-state index is 11.2. The molecule has 1 aromatic carbocycles. The number of ketones is 1. The van der Waals surface area contributed by atoms with E-state index < -0.39 is 10.6 Å². The van der Waals surface area contributed by atoms with Crippen LogP contribution in [0.15, 0.2) is 24.4 Å². The van der Waals surface area contributed by atoms with Gasteiger partial charge in [0.1, 0.15) is 11.9 Å². The Morgan fingerprint density at radius 1 is 1.48 bits per heavy atom. The maximum Gasteiger partial charge on any atom is 0.329 e. The topological polar surface area (TPSA) is 121 Å². The number of nitro groups is 1. The van der Waals surface area contributed by atoms with E-state index in [2.05, 4.69) is 9.97 Å². The molecule has 0 spiro atoms. The number of benzene rings is 1. The third-order valence-electron chi connectivity index (χ3n) is 2.51. The van der Waals surface area contributed by atoms with E-state index in [0.717, 1.165) is 6.20 Å². The molecule has 0 unspecified atom stereocenters. The van der Waals surface area contributed by atoms with Crippen molar-refractivity contribution in [3.8, 4) is 11.8 Å². The van der Waals surface area contributed by atoms with E-state index in [-0.39, 0.29) is 28.4 Å². The summed E-state index contributed by atoms with van der Waals surface area (Å²) in [5.74, 6) is -0.254.